The van der Waals surface area contributed by atoms with Crippen molar-refractivity contribution in [2.24, 2.45) is 11.7 Å². The zero-order valence-electron chi connectivity index (χ0n) is 10.8. The number of rotatable bonds is 3. The topological polar surface area (TPSA) is 63.4 Å². The second-order valence-corrected chi connectivity index (χ2v) is 4.97. The van der Waals surface area contributed by atoms with Crippen LogP contribution in [0.25, 0.3) is 0 Å². The van der Waals surface area contributed by atoms with E-state index < -0.39 is 5.82 Å². The molecule has 4 nitrogen and oxygen atoms in total. The lowest BCUT2D eigenvalue weighted by Crippen LogP contribution is -2.46. The quantitative estimate of drug-likeness (QED) is 0.846. The second-order valence-electron chi connectivity index (χ2n) is 4.97. The van der Waals surface area contributed by atoms with E-state index in [0.717, 1.165) is 12.8 Å². The SMILES string of the molecule is CC1CCC(C(N)=O)CN1c1cccc(F)c1C=O. The van der Waals surface area contributed by atoms with Gasteiger partial charge in [0.1, 0.15) is 5.82 Å². The minimum Gasteiger partial charge on any atom is -0.369 e. The Kier molecular flexibility index (Phi) is 3.83. The molecule has 5 heteroatoms. The molecule has 2 unspecified atom stereocenters. The van der Waals surface area contributed by atoms with E-state index in [1.165, 1.54) is 6.07 Å². The highest BCUT2D eigenvalue weighted by Crippen LogP contribution is 2.30. The van der Waals surface area contributed by atoms with Crippen LogP contribution in [0.1, 0.15) is 30.1 Å². The molecule has 1 fully saturated rings. The van der Waals surface area contributed by atoms with Crippen molar-refractivity contribution < 1.29 is 14.0 Å². The largest absolute Gasteiger partial charge is 0.369 e. The Labute approximate surface area is 111 Å². The predicted octanol–water partition coefficient (Wildman–Crippen LogP) is 1.73. The van der Waals surface area contributed by atoms with Gasteiger partial charge in [-0.2, -0.15) is 0 Å². The normalized spacial score (nSPS) is 23.2. The van der Waals surface area contributed by atoms with Crippen molar-refractivity contribution in [1.29, 1.82) is 0 Å². The molecular formula is C14H17FN2O2. The second kappa shape index (κ2) is 5.38. The maximum atomic E-state index is 13.6. The molecule has 0 bridgehead atoms. The molecule has 0 radical (unpaired) electrons. The third kappa shape index (κ3) is 2.59. The third-order valence-electron chi connectivity index (χ3n) is 3.74. The summed E-state index contributed by atoms with van der Waals surface area (Å²) in [6, 6.07) is 4.68. The minimum absolute atomic E-state index is 0.0412. The monoisotopic (exact) mass is 264 g/mol. The molecule has 1 amide bonds. The lowest BCUT2D eigenvalue weighted by Gasteiger charge is -2.39. The number of piperidine rings is 1. The number of hydrogen-bond donors (Lipinski definition) is 1. The minimum atomic E-state index is -0.541. The molecule has 1 saturated heterocycles. The molecular weight excluding hydrogens is 247 g/mol. The Morgan fingerprint density at radius 1 is 1.47 bits per heavy atom. The van der Waals surface area contributed by atoms with Gasteiger partial charge in [0.05, 0.1) is 17.2 Å². The Hall–Kier alpha value is -1.91. The summed E-state index contributed by atoms with van der Waals surface area (Å²) >= 11 is 0. The van der Waals surface area contributed by atoms with Crippen LogP contribution in [0.5, 0.6) is 0 Å². The number of benzene rings is 1. The van der Waals surface area contributed by atoms with Crippen LogP contribution in [0.4, 0.5) is 10.1 Å². The highest BCUT2D eigenvalue weighted by Gasteiger charge is 2.30. The van der Waals surface area contributed by atoms with Crippen LogP contribution in [0.3, 0.4) is 0 Å². The number of anilines is 1. The average molecular weight is 264 g/mol. The standard InChI is InChI=1S/C14H17FN2O2/c1-9-5-6-10(14(16)19)7-17(9)13-4-2-3-12(15)11(13)8-18/h2-4,8-10H,5-7H2,1H3,(H2,16,19). The number of carbonyl (C=O) groups is 2. The summed E-state index contributed by atoms with van der Waals surface area (Å²) in [5.41, 5.74) is 5.92. The van der Waals surface area contributed by atoms with Crippen LogP contribution in [-0.4, -0.2) is 24.8 Å². The van der Waals surface area contributed by atoms with Gasteiger partial charge in [-0.15, -0.1) is 0 Å². The maximum Gasteiger partial charge on any atom is 0.222 e. The first kappa shape index (κ1) is 13.5. The van der Waals surface area contributed by atoms with Crippen LogP contribution in [0.15, 0.2) is 18.2 Å². The van der Waals surface area contributed by atoms with Gasteiger partial charge in [-0.3, -0.25) is 9.59 Å². The molecule has 2 atom stereocenters. The molecule has 1 aliphatic rings. The van der Waals surface area contributed by atoms with E-state index in [2.05, 4.69) is 0 Å². The van der Waals surface area contributed by atoms with E-state index in [-0.39, 0.29) is 23.4 Å². The zero-order chi connectivity index (χ0) is 14.0. The Balaban J connectivity index is 2.36. The van der Waals surface area contributed by atoms with Crippen molar-refractivity contribution in [3.63, 3.8) is 0 Å². The van der Waals surface area contributed by atoms with Gasteiger partial charge in [0.2, 0.25) is 5.91 Å². The van der Waals surface area contributed by atoms with Crippen molar-refractivity contribution in [2.45, 2.75) is 25.8 Å². The van der Waals surface area contributed by atoms with E-state index in [1.54, 1.807) is 12.1 Å². The molecule has 2 rings (SSSR count). The first-order chi connectivity index (χ1) is 9.04. The molecule has 0 aromatic heterocycles. The van der Waals surface area contributed by atoms with Gasteiger partial charge in [-0.25, -0.2) is 4.39 Å². The van der Waals surface area contributed by atoms with Gasteiger partial charge in [0, 0.05) is 12.6 Å². The van der Waals surface area contributed by atoms with Crippen LogP contribution in [0, 0.1) is 11.7 Å². The van der Waals surface area contributed by atoms with Gasteiger partial charge < -0.3 is 10.6 Å². The molecule has 1 aromatic carbocycles. The molecule has 0 saturated carbocycles. The molecule has 0 aliphatic carbocycles. The van der Waals surface area contributed by atoms with Crippen molar-refractivity contribution in [3.8, 4) is 0 Å². The lowest BCUT2D eigenvalue weighted by atomic mass is 9.92. The number of aldehydes is 1. The number of amides is 1. The summed E-state index contributed by atoms with van der Waals surface area (Å²) in [4.78, 5) is 24.3. The molecule has 2 N–H and O–H groups in total. The highest BCUT2D eigenvalue weighted by molar-refractivity contribution is 5.85. The van der Waals surface area contributed by atoms with E-state index >= 15 is 0 Å². The van der Waals surface area contributed by atoms with Gasteiger partial charge in [0.25, 0.3) is 0 Å². The van der Waals surface area contributed by atoms with Crippen molar-refractivity contribution >= 4 is 17.9 Å². The first-order valence-electron chi connectivity index (χ1n) is 6.34. The number of hydrogen-bond acceptors (Lipinski definition) is 3. The Bertz CT molecular complexity index is 504. The summed E-state index contributed by atoms with van der Waals surface area (Å²) < 4.78 is 13.6. The van der Waals surface area contributed by atoms with Crippen molar-refractivity contribution in [1.82, 2.24) is 0 Å². The van der Waals surface area contributed by atoms with Crippen LogP contribution < -0.4 is 10.6 Å². The summed E-state index contributed by atoms with van der Waals surface area (Å²) in [7, 11) is 0. The van der Waals surface area contributed by atoms with E-state index in [4.69, 9.17) is 5.73 Å². The molecule has 1 heterocycles. The lowest BCUT2D eigenvalue weighted by molar-refractivity contribution is -0.122. The van der Waals surface area contributed by atoms with Gasteiger partial charge in [-0.05, 0) is 31.9 Å². The number of nitrogens with two attached hydrogens (primary N) is 1. The zero-order valence-corrected chi connectivity index (χ0v) is 10.8. The third-order valence-corrected chi connectivity index (χ3v) is 3.74. The Morgan fingerprint density at radius 2 is 2.21 bits per heavy atom. The molecule has 102 valence electrons. The van der Waals surface area contributed by atoms with Crippen LogP contribution in [-0.2, 0) is 4.79 Å². The molecule has 19 heavy (non-hydrogen) atoms. The van der Waals surface area contributed by atoms with E-state index in [9.17, 15) is 14.0 Å². The fourth-order valence-corrected chi connectivity index (χ4v) is 2.57. The van der Waals surface area contributed by atoms with E-state index in [0.29, 0.717) is 18.5 Å². The van der Waals surface area contributed by atoms with Gasteiger partial charge in [0.15, 0.2) is 6.29 Å². The summed E-state index contributed by atoms with van der Waals surface area (Å²) in [6.07, 6.45) is 2.05. The van der Waals surface area contributed by atoms with Gasteiger partial charge >= 0.3 is 0 Å². The first-order valence-corrected chi connectivity index (χ1v) is 6.34. The van der Waals surface area contributed by atoms with Crippen molar-refractivity contribution in [2.75, 3.05) is 11.4 Å². The molecule has 1 aliphatic heterocycles. The maximum absolute atomic E-state index is 13.6. The number of nitrogens with zero attached hydrogens (tertiary/aromatic N) is 1. The van der Waals surface area contributed by atoms with Crippen LogP contribution >= 0.6 is 0 Å². The number of primary amides is 1. The summed E-state index contributed by atoms with van der Waals surface area (Å²) in [5, 5.41) is 0. The average Bonchev–Trinajstić information content (AvgIpc) is 2.38. The fraction of sp³-hybridized carbons (Fsp3) is 0.429. The number of carbonyl (C=O) groups excluding carboxylic acids is 2. The highest BCUT2D eigenvalue weighted by atomic mass is 19.1. The number of halogens is 1. The van der Waals surface area contributed by atoms with Gasteiger partial charge in [-0.1, -0.05) is 6.07 Å². The smallest absolute Gasteiger partial charge is 0.222 e. The van der Waals surface area contributed by atoms with Crippen LogP contribution in [0.2, 0.25) is 0 Å². The molecule has 0 spiro atoms. The van der Waals surface area contributed by atoms with E-state index in [1.807, 2.05) is 11.8 Å². The molecule has 1 aromatic rings. The van der Waals surface area contributed by atoms with Crippen molar-refractivity contribution in [3.05, 3.63) is 29.6 Å². The summed E-state index contributed by atoms with van der Waals surface area (Å²) in [5.74, 6) is -1.14. The fourth-order valence-electron chi connectivity index (χ4n) is 2.57. The predicted molar refractivity (Wildman–Crippen MR) is 70.5 cm³/mol. The summed E-state index contributed by atoms with van der Waals surface area (Å²) in [6.45, 7) is 2.43. The Morgan fingerprint density at radius 3 is 2.84 bits per heavy atom.